The largest absolute Gasteiger partial charge is 0.370 e. The lowest BCUT2D eigenvalue weighted by Gasteiger charge is -2.33. The van der Waals surface area contributed by atoms with E-state index in [4.69, 9.17) is 11.1 Å². The molecule has 0 aromatic carbocycles. The van der Waals surface area contributed by atoms with E-state index in [9.17, 15) is 0 Å². The number of hydrogen-bond acceptors (Lipinski definition) is 2. The van der Waals surface area contributed by atoms with Crippen molar-refractivity contribution in [1.82, 2.24) is 10.2 Å². The second-order valence-corrected chi connectivity index (χ2v) is 2.63. The highest BCUT2D eigenvalue weighted by Gasteiger charge is 2.17. The molecule has 4 N–H and O–H groups in total. The number of nitrogens with two attached hydrogens (primary N) is 1. The molecule has 0 unspecified atom stereocenters. The molecule has 0 aromatic heterocycles. The van der Waals surface area contributed by atoms with Gasteiger partial charge in [0.05, 0.1) is 0 Å². The fraction of sp³-hybridized carbons (Fsp3) is 0.833. The Morgan fingerprint density at radius 1 is 1.80 bits per heavy atom. The van der Waals surface area contributed by atoms with Gasteiger partial charge in [0.25, 0.3) is 0 Å². The maximum Gasteiger partial charge on any atom is 0.188 e. The first-order valence-electron chi connectivity index (χ1n) is 3.53. The first-order chi connectivity index (χ1) is 4.72. The summed E-state index contributed by atoms with van der Waals surface area (Å²) in [6, 6.07) is 0.367. The molecule has 4 heteroatoms. The second kappa shape index (κ2) is 2.88. The monoisotopic (exact) mass is 142 g/mol. The van der Waals surface area contributed by atoms with E-state index in [-0.39, 0.29) is 5.96 Å². The van der Waals surface area contributed by atoms with Crippen LogP contribution in [0.4, 0.5) is 0 Å². The van der Waals surface area contributed by atoms with Crippen molar-refractivity contribution >= 4 is 5.96 Å². The van der Waals surface area contributed by atoms with Crippen LogP contribution in [0.1, 0.15) is 6.92 Å². The average Bonchev–Trinajstić information content (AvgIpc) is 1.88. The fourth-order valence-corrected chi connectivity index (χ4v) is 1.20. The van der Waals surface area contributed by atoms with Crippen LogP contribution in [0.5, 0.6) is 0 Å². The molecule has 0 bridgehead atoms. The molecule has 0 aliphatic carbocycles. The van der Waals surface area contributed by atoms with E-state index in [1.807, 2.05) is 4.90 Å². The molecule has 1 aliphatic rings. The molecule has 10 heavy (non-hydrogen) atoms. The molecule has 0 amide bonds. The van der Waals surface area contributed by atoms with Gasteiger partial charge in [-0.25, -0.2) is 0 Å². The predicted molar refractivity (Wildman–Crippen MR) is 41.0 cm³/mol. The van der Waals surface area contributed by atoms with Crippen LogP contribution < -0.4 is 11.1 Å². The van der Waals surface area contributed by atoms with Gasteiger partial charge in [0.2, 0.25) is 0 Å². The normalized spacial score (nSPS) is 26.5. The van der Waals surface area contributed by atoms with E-state index in [2.05, 4.69) is 12.2 Å². The van der Waals surface area contributed by atoms with Crippen LogP contribution in [-0.4, -0.2) is 36.5 Å². The Kier molecular flexibility index (Phi) is 2.11. The summed E-state index contributed by atoms with van der Waals surface area (Å²) in [6.07, 6.45) is 0. The molecule has 0 aromatic rings. The van der Waals surface area contributed by atoms with Crippen LogP contribution in [0.25, 0.3) is 0 Å². The topological polar surface area (TPSA) is 65.1 Å². The molecule has 58 valence electrons. The molecule has 0 radical (unpaired) electrons. The van der Waals surface area contributed by atoms with Crippen molar-refractivity contribution in [2.45, 2.75) is 13.0 Å². The summed E-state index contributed by atoms with van der Waals surface area (Å²) in [5.74, 6) is 0.189. The molecule has 1 atom stereocenters. The molecule has 1 aliphatic heterocycles. The zero-order chi connectivity index (χ0) is 7.56. The third kappa shape index (κ3) is 1.39. The van der Waals surface area contributed by atoms with Crippen molar-refractivity contribution < 1.29 is 0 Å². The van der Waals surface area contributed by atoms with Gasteiger partial charge in [-0.1, -0.05) is 0 Å². The minimum atomic E-state index is 0.189. The maximum absolute atomic E-state index is 7.20. The summed E-state index contributed by atoms with van der Waals surface area (Å²) < 4.78 is 0. The summed E-state index contributed by atoms with van der Waals surface area (Å²) in [5, 5.41) is 10.4. The molecule has 4 nitrogen and oxygen atoms in total. The van der Waals surface area contributed by atoms with Gasteiger partial charge >= 0.3 is 0 Å². The van der Waals surface area contributed by atoms with E-state index in [1.165, 1.54) is 0 Å². The number of piperazine rings is 1. The molecule has 1 saturated heterocycles. The van der Waals surface area contributed by atoms with Crippen LogP contribution in [0.2, 0.25) is 0 Å². The Morgan fingerprint density at radius 3 is 2.90 bits per heavy atom. The van der Waals surface area contributed by atoms with Crippen molar-refractivity contribution in [3.63, 3.8) is 0 Å². The Labute approximate surface area is 60.9 Å². The zero-order valence-corrected chi connectivity index (χ0v) is 6.22. The number of rotatable bonds is 0. The predicted octanol–water partition coefficient (Wildman–Crippen LogP) is -0.826. The highest BCUT2D eigenvalue weighted by Crippen LogP contribution is 1.99. The molecule has 1 rings (SSSR count). The quantitative estimate of drug-likeness (QED) is 0.305. The average molecular weight is 142 g/mol. The summed E-state index contributed by atoms with van der Waals surface area (Å²) in [4.78, 5) is 1.90. The van der Waals surface area contributed by atoms with Gasteiger partial charge in [0.15, 0.2) is 5.96 Å². The number of nitrogens with one attached hydrogen (secondary N) is 2. The molecule has 0 saturated carbocycles. The van der Waals surface area contributed by atoms with Gasteiger partial charge in [0.1, 0.15) is 0 Å². The van der Waals surface area contributed by atoms with Gasteiger partial charge in [-0.15, -0.1) is 0 Å². The van der Waals surface area contributed by atoms with Crippen molar-refractivity contribution in [3.8, 4) is 0 Å². The van der Waals surface area contributed by atoms with Crippen molar-refractivity contribution in [3.05, 3.63) is 0 Å². The zero-order valence-electron chi connectivity index (χ0n) is 6.22. The summed E-state index contributed by atoms with van der Waals surface area (Å²) in [7, 11) is 0. The van der Waals surface area contributed by atoms with E-state index in [1.54, 1.807) is 0 Å². The van der Waals surface area contributed by atoms with Gasteiger partial charge < -0.3 is 16.0 Å². The van der Waals surface area contributed by atoms with Gasteiger partial charge in [-0.3, -0.25) is 5.41 Å². The summed E-state index contributed by atoms with van der Waals surface area (Å²) >= 11 is 0. The van der Waals surface area contributed by atoms with E-state index in [0.29, 0.717) is 6.04 Å². The van der Waals surface area contributed by atoms with E-state index in [0.717, 1.165) is 19.6 Å². The lowest BCUT2D eigenvalue weighted by Crippen LogP contribution is -2.54. The Bertz CT molecular complexity index is 134. The Balaban J connectivity index is 2.47. The van der Waals surface area contributed by atoms with Gasteiger partial charge in [-0.2, -0.15) is 0 Å². The standard InChI is InChI=1S/C6H14N4/c1-5-4-9-2-3-10(5)6(7)8/h5,9H,2-4H2,1H3,(H3,7,8)/t5-/m0/s1. The van der Waals surface area contributed by atoms with Crippen molar-refractivity contribution in [1.29, 1.82) is 5.41 Å². The van der Waals surface area contributed by atoms with E-state index >= 15 is 0 Å². The SMILES string of the molecule is C[C@H]1CNCCN1C(=N)N. The number of nitrogens with zero attached hydrogens (tertiary/aromatic N) is 1. The van der Waals surface area contributed by atoms with Crippen LogP contribution in [0.3, 0.4) is 0 Å². The lowest BCUT2D eigenvalue weighted by molar-refractivity contribution is 0.270. The number of hydrogen-bond donors (Lipinski definition) is 3. The molecule has 1 fully saturated rings. The highest BCUT2D eigenvalue weighted by atomic mass is 15.3. The maximum atomic E-state index is 7.20. The summed E-state index contributed by atoms with van der Waals surface area (Å²) in [6.45, 7) is 4.79. The van der Waals surface area contributed by atoms with Crippen LogP contribution in [-0.2, 0) is 0 Å². The minimum Gasteiger partial charge on any atom is -0.370 e. The minimum absolute atomic E-state index is 0.189. The molecule has 1 heterocycles. The van der Waals surface area contributed by atoms with Crippen LogP contribution in [0.15, 0.2) is 0 Å². The van der Waals surface area contributed by atoms with Crippen LogP contribution in [0, 0.1) is 5.41 Å². The third-order valence-corrected chi connectivity index (χ3v) is 1.81. The Hall–Kier alpha value is -0.770. The molecule has 0 spiro atoms. The van der Waals surface area contributed by atoms with Gasteiger partial charge in [0, 0.05) is 25.7 Å². The first kappa shape index (κ1) is 7.34. The third-order valence-electron chi connectivity index (χ3n) is 1.81. The highest BCUT2D eigenvalue weighted by molar-refractivity contribution is 5.75. The smallest absolute Gasteiger partial charge is 0.188 e. The van der Waals surface area contributed by atoms with Crippen molar-refractivity contribution in [2.75, 3.05) is 19.6 Å². The van der Waals surface area contributed by atoms with Crippen LogP contribution >= 0.6 is 0 Å². The van der Waals surface area contributed by atoms with Crippen molar-refractivity contribution in [2.24, 2.45) is 5.73 Å². The lowest BCUT2D eigenvalue weighted by atomic mass is 10.2. The number of guanidine groups is 1. The fourth-order valence-electron chi connectivity index (χ4n) is 1.20. The second-order valence-electron chi connectivity index (χ2n) is 2.63. The van der Waals surface area contributed by atoms with Gasteiger partial charge in [-0.05, 0) is 6.92 Å². The van der Waals surface area contributed by atoms with E-state index < -0.39 is 0 Å². The molecular weight excluding hydrogens is 128 g/mol. The molecular formula is C6H14N4. The Morgan fingerprint density at radius 2 is 2.50 bits per heavy atom. The summed E-state index contributed by atoms with van der Waals surface area (Å²) in [5.41, 5.74) is 5.34. The first-order valence-corrected chi connectivity index (χ1v) is 3.53.